The van der Waals surface area contributed by atoms with Gasteiger partial charge >= 0.3 is 0 Å². The van der Waals surface area contributed by atoms with Gasteiger partial charge in [0.05, 0.1) is 11.6 Å². The predicted molar refractivity (Wildman–Crippen MR) is 140 cm³/mol. The van der Waals surface area contributed by atoms with Crippen LogP contribution in [-0.4, -0.2) is 14.0 Å². The third-order valence-electron chi connectivity index (χ3n) is 5.61. The molecule has 3 aromatic rings. The van der Waals surface area contributed by atoms with Gasteiger partial charge in [-0.2, -0.15) is 0 Å². The molecule has 31 heavy (non-hydrogen) atoms. The van der Waals surface area contributed by atoms with Crippen molar-refractivity contribution in [1.29, 1.82) is 0 Å². The smallest absolute Gasteiger partial charge is 0.171 e. The fourth-order valence-electron chi connectivity index (χ4n) is 4.22. The third-order valence-corrected chi connectivity index (χ3v) is 6.95. The van der Waals surface area contributed by atoms with Crippen molar-refractivity contribution in [1.82, 2.24) is 4.98 Å². The highest BCUT2D eigenvalue weighted by Crippen LogP contribution is 2.43. The minimum absolute atomic E-state index is 0.00670. The SMILES string of the molecule is CCCc1nc2ccc(C)cc2c(C(O[SiH](C)C)C(C)(C)C)c1Cc1ccc(Br)cc1. The van der Waals surface area contributed by atoms with E-state index in [0.29, 0.717) is 0 Å². The summed E-state index contributed by atoms with van der Waals surface area (Å²) in [7, 11) is -1.26. The van der Waals surface area contributed by atoms with E-state index in [9.17, 15) is 0 Å². The van der Waals surface area contributed by atoms with E-state index in [0.717, 1.165) is 29.3 Å². The molecular weight excluding hydrogens is 462 g/mol. The lowest BCUT2D eigenvalue weighted by Gasteiger charge is -2.36. The number of hydrogen-bond donors (Lipinski definition) is 0. The molecule has 166 valence electrons. The lowest BCUT2D eigenvalue weighted by molar-refractivity contribution is 0.0870. The topological polar surface area (TPSA) is 22.1 Å². The summed E-state index contributed by atoms with van der Waals surface area (Å²) in [6.07, 6.45) is 2.99. The maximum Gasteiger partial charge on any atom is 0.171 e. The second kappa shape index (κ2) is 9.97. The summed E-state index contributed by atoms with van der Waals surface area (Å²) in [5, 5.41) is 1.25. The van der Waals surface area contributed by atoms with E-state index < -0.39 is 9.04 Å². The van der Waals surface area contributed by atoms with E-state index in [1.807, 2.05) is 0 Å². The van der Waals surface area contributed by atoms with Crippen LogP contribution in [0.5, 0.6) is 0 Å². The largest absolute Gasteiger partial charge is 0.413 e. The van der Waals surface area contributed by atoms with Crippen molar-refractivity contribution in [3.63, 3.8) is 0 Å². The first-order valence-corrected chi connectivity index (χ1v) is 15.0. The Morgan fingerprint density at radius 1 is 1.06 bits per heavy atom. The standard InChI is InChI=1S/C27H36BrNOSi/c1-8-9-23-22(17-19-11-13-20(28)14-12-19)25(26(27(3,4)5)30-31(6)7)21-16-18(2)10-15-24(21)29-23/h10-16,26,31H,8-9,17H2,1-7H3. The maximum absolute atomic E-state index is 6.78. The van der Waals surface area contributed by atoms with Crippen molar-refractivity contribution < 1.29 is 4.43 Å². The normalized spacial score (nSPS) is 13.2. The Morgan fingerprint density at radius 3 is 2.32 bits per heavy atom. The zero-order valence-electron chi connectivity index (χ0n) is 20.1. The average Bonchev–Trinajstić information content (AvgIpc) is 2.68. The van der Waals surface area contributed by atoms with Crippen LogP contribution in [0.1, 0.15) is 68.2 Å². The second-order valence-corrected chi connectivity index (χ2v) is 13.2. The number of hydrogen-bond acceptors (Lipinski definition) is 2. The van der Waals surface area contributed by atoms with E-state index in [-0.39, 0.29) is 11.5 Å². The highest BCUT2D eigenvalue weighted by molar-refractivity contribution is 9.10. The van der Waals surface area contributed by atoms with Gasteiger partial charge in [-0.3, -0.25) is 4.98 Å². The first kappa shape index (κ1) is 24.2. The summed E-state index contributed by atoms with van der Waals surface area (Å²) < 4.78 is 7.89. The molecule has 0 radical (unpaired) electrons. The summed E-state index contributed by atoms with van der Waals surface area (Å²) in [6.45, 7) is 15.9. The summed E-state index contributed by atoms with van der Waals surface area (Å²) in [4.78, 5) is 5.17. The Bertz CT molecular complexity index is 1040. The molecule has 0 spiro atoms. The van der Waals surface area contributed by atoms with Crippen molar-refractivity contribution >= 4 is 35.9 Å². The summed E-state index contributed by atoms with van der Waals surface area (Å²) >= 11 is 3.57. The highest BCUT2D eigenvalue weighted by atomic mass is 79.9. The number of nitrogens with zero attached hydrogens (tertiary/aromatic N) is 1. The lowest BCUT2D eigenvalue weighted by Crippen LogP contribution is -2.28. The Balaban J connectivity index is 2.34. The first-order chi connectivity index (χ1) is 14.6. The lowest BCUT2D eigenvalue weighted by atomic mass is 9.79. The molecule has 1 heterocycles. The number of pyridine rings is 1. The molecule has 4 heteroatoms. The van der Waals surface area contributed by atoms with E-state index in [1.165, 1.54) is 33.3 Å². The van der Waals surface area contributed by atoms with Gasteiger partial charge in [-0.25, -0.2) is 0 Å². The summed E-state index contributed by atoms with van der Waals surface area (Å²) in [6, 6.07) is 15.4. The Morgan fingerprint density at radius 2 is 1.74 bits per heavy atom. The van der Waals surface area contributed by atoms with Crippen molar-refractivity contribution in [2.24, 2.45) is 5.41 Å². The molecule has 0 aliphatic rings. The van der Waals surface area contributed by atoms with Crippen LogP contribution in [0, 0.1) is 12.3 Å². The van der Waals surface area contributed by atoms with E-state index in [4.69, 9.17) is 9.41 Å². The molecule has 0 fully saturated rings. The first-order valence-electron chi connectivity index (χ1n) is 11.4. The number of fused-ring (bicyclic) bond motifs is 1. The van der Waals surface area contributed by atoms with Crippen molar-refractivity contribution in [2.75, 3.05) is 0 Å². The van der Waals surface area contributed by atoms with Gasteiger partial charge in [-0.15, -0.1) is 0 Å². The van der Waals surface area contributed by atoms with Gasteiger partial charge in [0.25, 0.3) is 0 Å². The molecule has 1 atom stereocenters. The van der Waals surface area contributed by atoms with E-state index in [1.54, 1.807) is 0 Å². The number of benzene rings is 2. The molecule has 0 aliphatic carbocycles. The monoisotopic (exact) mass is 497 g/mol. The Hall–Kier alpha value is -1.49. The van der Waals surface area contributed by atoms with E-state index in [2.05, 4.69) is 106 Å². The van der Waals surface area contributed by atoms with E-state index >= 15 is 0 Å². The van der Waals surface area contributed by atoms with Crippen molar-refractivity contribution in [3.05, 3.63) is 74.9 Å². The minimum atomic E-state index is -1.26. The van der Waals surface area contributed by atoms with Gasteiger partial charge < -0.3 is 4.43 Å². The van der Waals surface area contributed by atoms with Gasteiger partial charge in [-0.1, -0.05) is 73.8 Å². The van der Waals surface area contributed by atoms with Crippen LogP contribution in [0.4, 0.5) is 0 Å². The number of rotatable bonds is 7. The molecule has 0 saturated carbocycles. The van der Waals surface area contributed by atoms with Gasteiger partial charge in [0.15, 0.2) is 9.04 Å². The molecule has 0 N–H and O–H groups in total. The van der Waals surface area contributed by atoms with Crippen LogP contribution >= 0.6 is 15.9 Å². The van der Waals surface area contributed by atoms with Gasteiger partial charge in [-0.05, 0) is 79.2 Å². The predicted octanol–water partition coefficient (Wildman–Crippen LogP) is 7.94. The highest BCUT2D eigenvalue weighted by Gasteiger charge is 2.32. The van der Waals surface area contributed by atoms with Crippen LogP contribution in [-0.2, 0) is 17.3 Å². The molecule has 2 aromatic carbocycles. The molecule has 2 nitrogen and oxygen atoms in total. The van der Waals surface area contributed by atoms with Crippen molar-refractivity contribution in [3.8, 4) is 0 Å². The zero-order valence-corrected chi connectivity index (χ0v) is 22.8. The number of aromatic nitrogens is 1. The van der Waals surface area contributed by atoms with Gasteiger partial charge in [0, 0.05) is 15.6 Å². The molecule has 0 bridgehead atoms. The maximum atomic E-state index is 6.78. The minimum Gasteiger partial charge on any atom is -0.413 e. The quantitative estimate of drug-likeness (QED) is 0.309. The van der Waals surface area contributed by atoms with Crippen LogP contribution in [0.15, 0.2) is 46.9 Å². The van der Waals surface area contributed by atoms with Gasteiger partial charge in [0.1, 0.15) is 0 Å². The molecule has 0 amide bonds. The van der Waals surface area contributed by atoms with Crippen molar-refractivity contribution in [2.45, 2.75) is 73.1 Å². The molecule has 0 saturated heterocycles. The van der Waals surface area contributed by atoms with Crippen LogP contribution < -0.4 is 0 Å². The van der Waals surface area contributed by atoms with Crippen LogP contribution in [0.2, 0.25) is 13.1 Å². The molecule has 0 aliphatic heterocycles. The number of aryl methyl sites for hydroxylation is 2. The average molecular weight is 499 g/mol. The summed E-state index contributed by atoms with van der Waals surface area (Å²) in [5.41, 5.74) is 7.60. The van der Waals surface area contributed by atoms with Crippen LogP contribution in [0.25, 0.3) is 10.9 Å². The fourth-order valence-corrected chi connectivity index (χ4v) is 5.57. The molecule has 1 aromatic heterocycles. The molecular formula is C27H36BrNOSi. The molecule has 3 rings (SSSR count). The fraction of sp³-hybridized carbons (Fsp3) is 0.444. The molecule has 1 unspecified atom stereocenters. The summed E-state index contributed by atoms with van der Waals surface area (Å²) in [5.74, 6) is 0. The zero-order chi connectivity index (χ0) is 22.8. The van der Waals surface area contributed by atoms with Crippen LogP contribution in [0.3, 0.4) is 0 Å². The second-order valence-electron chi connectivity index (χ2n) is 9.96. The number of halogens is 1. The third kappa shape index (κ3) is 5.85. The van der Waals surface area contributed by atoms with Gasteiger partial charge in [0.2, 0.25) is 0 Å². The Kier molecular flexibility index (Phi) is 7.77. The Labute approximate surface area is 198 Å².